The molecular formula is C4H12Cl2Te2. The molecule has 0 aromatic carbocycles. The van der Waals surface area contributed by atoms with Gasteiger partial charge in [0.2, 0.25) is 0 Å². The third-order valence-corrected chi connectivity index (χ3v) is 0. The molecule has 0 aliphatic heterocycles. The molecule has 2 radical (unpaired) electrons. The van der Waals surface area contributed by atoms with Gasteiger partial charge in [-0.05, 0) is 0 Å². The molecule has 0 bridgehead atoms. The number of halogens is 2. The van der Waals surface area contributed by atoms with E-state index in [1.807, 2.05) is 0 Å². The molecule has 0 heterocycles. The molecule has 0 atom stereocenters. The van der Waals surface area contributed by atoms with E-state index in [4.69, 9.17) is 17.9 Å². The van der Waals surface area contributed by atoms with Crippen molar-refractivity contribution in [2.24, 2.45) is 0 Å². The first-order valence-corrected chi connectivity index (χ1v) is 17.2. The van der Waals surface area contributed by atoms with Gasteiger partial charge in [-0.1, -0.05) is 0 Å². The minimum absolute atomic E-state index is 0.884. The van der Waals surface area contributed by atoms with Crippen LogP contribution in [0, 0.1) is 0 Å². The summed E-state index contributed by atoms with van der Waals surface area (Å²) < 4.78 is 0. The van der Waals surface area contributed by atoms with Crippen molar-refractivity contribution in [1.82, 2.24) is 0 Å². The molecule has 0 fully saturated rings. The molecule has 0 aliphatic carbocycles. The molecular weight excluding hydrogens is 374 g/mol. The summed E-state index contributed by atoms with van der Waals surface area (Å²) in [6, 6.07) is 0. The molecule has 0 rings (SSSR count). The van der Waals surface area contributed by atoms with Gasteiger partial charge in [0.05, 0.1) is 0 Å². The summed E-state index contributed by atoms with van der Waals surface area (Å²) in [4.78, 5) is 8.41. The Bertz CT molecular complexity index is 27.5. The molecule has 8 heavy (non-hydrogen) atoms. The summed E-state index contributed by atoms with van der Waals surface area (Å²) in [5.41, 5.74) is 0. The van der Waals surface area contributed by atoms with Crippen molar-refractivity contribution in [3.63, 3.8) is 0 Å². The fourth-order valence-corrected chi connectivity index (χ4v) is 0. The topological polar surface area (TPSA) is 0 Å². The average molecular weight is 386 g/mol. The molecule has 54 valence electrons. The van der Waals surface area contributed by atoms with Gasteiger partial charge in [-0.3, -0.25) is 0 Å². The quantitative estimate of drug-likeness (QED) is 0.562. The van der Waals surface area contributed by atoms with Crippen LogP contribution in [0.15, 0.2) is 0 Å². The van der Waals surface area contributed by atoms with Crippen molar-refractivity contribution in [1.29, 1.82) is 0 Å². The predicted molar refractivity (Wildman–Crippen MR) is 46.7 cm³/mol. The first kappa shape index (κ1) is 12.8. The molecule has 0 aliphatic rings. The monoisotopic (exact) mass is 390 g/mol. The number of hydrogen-bond donors (Lipinski definition) is 0. The second kappa shape index (κ2) is 9.16. The van der Waals surface area contributed by atoms with E-state index < -0.39 is 36.9 Å². The van der Waals surface area contributed by atoms with Crippen molar-refractivity contribution in [3.05, 3.63) is 0 Å². The Balaban J connectivity index is 0. The Labute approximate surface area is 73.7 Å². The van der Waals surface area contributed by atoms with Crippen LogP contribution in [0.3, 0.4) is 0 Å². The van der Waals surface area contributed by atoms with Crippen molar-refractivity contribution in [3.8, 4) is 0 Å². The van der Waals surface area contributed by atoms with Crippen LogP contribution < -0.4 is 0 Å². The van der Waals surface area contributed by atoms with Crippen LogP contribution in [0.5, 0.6) is 0 Å². The molecule has 0 unspecified atom stereocenters. The van der Waals surface area contributed by atoms with Gasteiger partial charge < -0.3 is 0 Å². The van der Waals surface area contributed by atoms with Gasteiger partial charge in [-0.15, -0.1) is 0 Å². The van der Waals surface area contributed by atoms with E-state index in [1.165, 1.54) is 0 Å². The van der Waals surface area contributed by atoms with Crippen molar-refractivity contribution >= 4 is 54.8 Å². The molecule has 0 spiro atoms. The van der Waals surface area contributed by atoms with Gasteiger partial charge in [0.1, 0.15) is 0 Å². The molecule has 0 aromatic rings. The van der Waals surface area contributed by atoms with Crippen LogP contribution in [0.25, 0.3) is 0 Å². The summed E-state index contributed by atoms with van der Waals surface area (Å²) in [5.74, 6) is 0. The van der Waals surface area contributed by atoms with E-state index in [1.54, 1.807) is 0 Å². The first-order valence-electron chi connectivity index (χ1n) is 1.94. The normalized spacial score (nSPS) is 9.00. The van der Waals surface area contributed by atoms with E-state index >= 15 is 0 Å². The second-order valence-corrected chi connectivity index (χ2v) is 17.9. The van der Waals surface area contributed by atoms with Crippen LogP contribution in [0.2, 0.25) is 19.9 Å². The Kier molecular flexibility index (Phi) is 14.7. The predicted octanol–water partition coefficient (Wildman–Crippen LogP) is 2.95. The zero-order valence-electron chi connectivity index (χ0n) is 5.57. The van der Waals surface area contributed by atoms with Crippen molar-refractivity contribution in [2.45, 2.75) is 19.9 Å². The minimum atomic E-state index is -0.884. The van der Waals surface area contributed by atoms with Gasteiger partial charge in [-0.2, -0.15) is 0 Å². The van der Waals surface area contributed by atoms with E-state index in [2.05, 4.69) is 19.9 Å². The number of rotatable bonds is 0. The van der Waals surface area contributed by atoms with E-state index in [0.717, 1.165) is 0 Å². The summed E-state index contributed by atoms with van der Waals surface area (Å²) in [5, 5.41) is 0. The van der Waals surface area contributed by atoms with Crippen LogP contribution in [-0.4, -0.2) is 36.9 Å². The van der Waals surface area contributed by atoms with Crippen LogP contribution >= 0.6 is 17.9 Å². The summed E-state index contributed by atoms with van der Waals surface area (Å²) in [7, 11) is 10.9. The fourth-order valence-electron chi connectivity index (χ4n) is 0. The Morgan fingerprint density at radius 1 is 0.750 bits per heavy atom. The van der Waals surface area contributed by atoms with E-state index in [0.29, 0.717) is 0 Å². The summed E-state index contributed by atoms with van der Waals surface area (Å²) in [6.07, 6.45) is 0. The molecule has 4 heteroatoms. The molecule has 0 nitrogen and oxygen atoms in total. The Morgan fingerprint density at radius 3 is 0.750 bits per heavy atom. The van der Waals surface area contributed by atoms with Gasteiger partial charge in [0.15, 0.2) is 0 Å². The van der Waals surface area contributed by atoms with Crippen LogP contribution in [-0.2, 0) is 0 Å². The van der Waals surface area contributed by atoms with Gasteiger partial charge in [-0.25, -0.2) is 0 Å². The Morgan fingerprint density at radius 2 is 0.750 bits per heavy atom. The standard InChI is InChI=1S/2C2H6ClTe/c2*1-4(2)3/h2*1-2H3. The fraction of sp³-hybridized carbons (Fsp3) is 1.00. The number of hydrogen-bond acceptors (Lipinski definition) is 0. The Hall–Kier alpha value is 2.16. The average Bonchev–Trinajstić information content (AvgIpc) is 1.25. The molecule has 0 amide bonds. The van der Waals surface area contributed by atoms with Gasteiger partial charge in [0, 0.05) is 0 Å². The van der Waals surface area contributed by atoms with Crippen LogP contribution in [0.1, 0.15) is 0 Å². The van der Waals surface area contributed by atoms with Gasteiger partial charge in [0.25, 0.3) is 0 Å². The third-order valence-electron chi connectivity index (χ3n) is 0. The van der Waals surface area contributed by atoms with Crippen molar-refractivity contribution < 1.29 is 0 Å². The zero-order valence-corrected chi connectivity index (χ0v) is 11.7. The SMILES string of the molecule is C[Te](C)Cl.C[Te](C)Cl. The van der Waals surface area contributed by atoms with Gasteiger partial charge >= 0.3 is 74.7 Å². The first-order chi connectivity index (χ1) is 3.46. The molecule has 0 aromatic heterocycles. The molecule has 0 saturated heterocycles. The maximum atomic E-state index is 5.44. The van der Waals surface area contributed by atoms with Crippen molar-refractivity contribution in [2.75, 3.05) is 0 Å². The third kappa shape index (κ3) is 89.7. The van der Waals surface area contributed by atoms with E-state index in [9.17, 15) is 0 Å². The molecule has 0 saturated carbocycles. The summed E-state index contributed by atoms with van der Waals surface area (Å²) in [6.45, 7) is 0. The molecule has 0 N–H and O–H groups in total. The maximum absolute atomic E-state index is 5.44. The summed E-state index contributed by atoms with van der Waals surface area (Å²) >= 11 is -1.77. The second-order valence-electron chi connectivity index (χ2n) is 1.43. The van der Waals surface area contributed by atoms with E-state index in [-0.39, 0.29) is 0 Å². The zero-order chi connectivity index (χ0) is 7.15. The van der Waals surface area contributed by atoms with Crippen LogP contribution in [0.4, 0.5) is 0 Å².